The monoisotopic (exact) mass is 218 g/mol. The summed E-state index contributed by atoms with van der Waals surface area (Å²) in [7, 11) is 3.98. The molecule has 0 radical (unpaired) electrons. The molecular formula is C10H22N2OS. The van der Waals surface area contributed by atoms with Crippen molar-refractivity contribution in [1.29, 1.82) is 0 Å². The van der Waals surface area contributed by atoms with E-state index in [4.69, 9.17) is 0 Å². The fourth-order valence-corrected chi connectivity index (χ4v) is 1.30. The fourth-order valence-electron chi connectivity index (χ4n) is 1.22. The number of carbonyl (C=O) groups is 1. The first-order chi connectivity index (χ1) is 6.34. The zero-order valence-corrected chi connectivity index (χ0v) is 10.6. The highest BCUT2D eigenvalue weighted by atomic mass is 32.1. The normalized spacial score (nSPS) is 15.7. The number of hydrogen-bond acceptors (Lipinski definition) is 3. The number of nitrogens with zero attached hydrogens (tertiary/aromatic N) is 1. The van der Waals surface area contributed by atoms with E-state index in [0.717, 1.165) is 6.54 Å². The van der Waals surface area contributed by atoms with Crippen molar-refractivity contribution >= 4 is 18.5 Å². The zero-order valence-electron chi connectivity index (χ0n) is 9.74. The quantitative estimate of drug-likeness (QED) is 0.675. The third-order valence-electron chi connectivity index (χ3n) is 1.93. The summed E-state index contributed by atoms with van der Waals surface area (Å²) in [5.41, 5.74) is 0. The van der Waals surface area contributed by atoms with Crippen LogP contribution in [0.15, 0.2) is 0 Å². The van der Waals surface area contributed by atoms with Crippen LogP contribution in [-0.4, -0.2) is 42.7 Å². The van der Waals surface area contributed by atoms with Crippen LogP contribution < -0.4 is 5.32 Å². The average molecular weight is 218 g/mol. The van der Waals surface area contributed by atoms with E-state index >= 15 is 0 Å². The Morgan fingerprint density at radius 3 is 2.21 bits per heavy atom. The van der Waals surface area contributed by atoms with Crippen LogP contribution >= 0.6 is 12.6 Å². The van der Waals surface area contributed by atoms with Gasteiger partial charge >= 0.3 is 0 Å². The molecule has 3 nitrogen and oxygen atoms in total. The molecule has 2 atom stereocenters. The van der Waals surface area contributed by atoms with Gasteiger partial charge in [-0.1, -0.05) is 13.8 Å². The van der Waals surface area contributed by atoms with Gasteiger partial charge < -0.3 is 10.2 Å². The van der Waals surface area contributed by atoms with Crippen LogP contribution in [-0.2, 0) is 4.79 Å². The van der Waals surface area contributed by atoms with Gasteiger partial charge in [-0.2, -0.15) is 12.6 Å². The third kappa shape index (κ3) is 5.50. The highest BCUT2D eigenvalue weighted by Crippen LogP contribution is 2.08. The predicted molar refractivity (Wildman–Crippen MR) is 63.8 cm³/mol. The van der Waals surface area contributed by atoms with Gasteiger partial charge in [-0.15, -0.1) is 0 Å². The van der Waals surface area contributed by atoms with Gasteiger partial charge in [-0.3, -0.25) is 4.79 Å². The molecule has 84 valence electrons. The number of amides is 1. The Hall–Kier alpha value is -0.220. The van der Waals surface area contributed by atoms with E-state index in [0.29, 0.717) is 0 Å². The first kappa shape index (κ1) is 13.8. The molecule has 1 N–H and O–H groups in total. The molecule has 0 aromatic rings. The van der Waals surface area contributed by atoms with Crippen LogP contribution in [0.3, 0.4) is 0 Å². The molecule has 4 heteroatoms. The number of hydrogen-bond donors (Lipinski definition) is 2. The summed E-state index contributed by atoms with van der Waals surface area (Å²) < 4.78 is 0. The van der Waals surface area contributed by atoms with E-state index in [1.807, 2.05) is 39.8 Å². The van der Waals surface area contributed by atoms with Crippen LogP contribution in [0, 0.1) is 5.92 Å². The maximum absolute atomic E-state index is 11.6. The molecule has 0 aromatic heterocycles. The van der Waals surface area contributed by atoms with Crippen molar-refractivity contribution in [3.05, 3.63) is 0 Å². The molecule has 0 fully saturated rings. The Morgan fingerprint density at radius 2 is 1.86 bits per heavy atom. The van der Waals surface area contributed by atoms with Crippen LogP contribution in [0.4, 0.5) is 0 Å². The van der Waals surface area contributed by atoms with Crippen molar-refractivity contribution in [2.45, 2.75) is 32.1 Å². The SMILES string of the molecule is CC(CN(C)C)NC(=O)C(S)C(C)C. The van der Waals surface area contributed by atoms with Crippen molar-refractivity contribution in [2.75, 3.05) is 20.6 Å². The molecule has 0 aliphatic carbocycles. The van der Waals surface area contributed by atoms with Crippen molar-refractivity contribution in [1.82, 2.24) is 10.2 Å². The summed E-state index contributed by atoms with van der Waals surface area (Å²) in [4.78, 5) is 13.6. The van der Waals surface area contributed by atoms with Gasteiger partial charge in [0.1, 0.15) is 0 Å². The Balaban J connectivity index is 3.93. The molecule has 14 heavy (non-hydrogen) atoms. The fraction of sp³-hybridized carbons (Fsp3) is 0.900. The van der Waals surface area contributed by atoms with Gasteiger partial charge in [0, 0.05) is 12.6 Å². The first-order valence-corrected chi connectivity index (χ1v) is 5.49. The molecule has 0 heterocycles. The Labute approximate surface area is 92.7 Å². The summed E-state index contributed by atoms with van der Waals surface area (Å²) in [5.74, 6) is 0.294. The van der Waals surface area contributed by atoms with Crippen molar-refractivity contribution < 1.29 is 4.79 Å². The largest absolute Gasteiger partial charge is 0.351 e. The van der Waals surface area contributed by atoms with Gasteiger partial charge in [-0.25, -0.2) is 0 Å². The highest BCUT2D eigenvalue weighted by molar-refractivity contribution is 7.81. The molecular weight excluding hydrogens is 196 g/mol. The second-order valence-electron chi connectivity index (χ2n) is 4.36. The highest BCUT2D eigenvalue weighted by Gasteiger charge is 2.19. The second-order valence-corrected chi connectivity index (χ2v) is 4.92. The van der Waals surface area contributed by atoms with Crippen LogP contribution in [0.5, 0.6) is 0 Å². The minimum Gasteiger partial charge on any atom is -0.351 e. The maximum atomic E-state index is 11.6. The molecule has 0 saturated carbocycles. The van der Waals surface area contributed by atoms with E-state index in [9.17, 15) is 4.79 Å². The number of thiol groups is 1. The number of rotatable bonds is 5. The molecule has 0 rings (SSSR count). The standard InChI is InChI=1S/C10H22N2OS/c1-7(2)9(14)10(13)11-8(3)6-12(4)5/h7-9,14H,6H2,1-5H3,(H,11,13). The molecule has 0 spiro atoms. The van der Waals surface area contributed by atoms with Gasteiger partial charge in [0.15, 0.2) is 0 Å². The van der Waals surface area contributed by atoms with Crippen LogP contribution in [0.25, 0.3) is 0 Å². The number of likely N-dealkylation sites (N-methyl/N-ethyl adjacent to an activating group) is 1. The summed E-state index contributed by atoms with van der Waals surface area (Å²) >= 11 is 4.26. The van der Waals surface area contributed by atoms with Crippen LogP contribution in [0.1, 0.15) is 20.8 Å². The number of nitrogens with one attached hydrogen (secondary N) is 1. The molecule has 0 bridgehead atoms. The molecule has 0 aromatic carbocycles. The first-order valence-electron chi connectivity index (χ1n) is 4.97. The van der Waals surface area contributed by atoms with E-state index in [2.05, 4.69) is 17.9 Å². The van der Waals surface area contributed by atoms with Gasteiger partial charge in [0.05, 0.1) is 5.25 Å². The summed E-state index contributed by atoms with van der Waals surface area (Å²) in [5, 5.41) is 2.73. The molecule has 2 unspecified atom stereocenters. The van der Waals surface area contributed by atoms with Gasteiger partial charge in [-0.05, 0) is 26.9 Å². The summed E-state index contributed by atoms with van der Waals surface area (Å²) in [6, 6.07) is 0.172. The molecule has 0 aliphatic heterocycles. The summed E-state index contributed by atoms with van der Waals surface area (Å²) in [6.45, 7) is 6.84. The molecule has 1 amide bonds. The smallest absolute Gasteiger partial charge is 0.233 e. The summed E-state index contributed by atoms with van der Waals surface area (Å²) in [6.07, 6.45) is 0. The minimum absolute atomic E-state index is 0.0256. The van der Waals surface area contributed by atoms with Crippen molar-refractivity contribution in [3.8, 4) is 0 Å². The van der Waals surface area contributed by atoms with Crippen molar-refractivity contribution in [2.24, 2.45) is 5.92 Å². The van der Waals surface area contributed by atoms with Crippen molar-refractivity contribution in [3.63, 3.8) is 0 Å². The zero-order chi connectivity index (χ0) is 11.3. The lowest BCUT2D eigenvalue weighted by Gasteiger charge is -2.21. The number of carbonyl (C=O) groups excluding carboxylic acids is 1. The topological polar surface area (TPSA) is 32.3 Å². The van der Waals surface area contributed by atoms with E-state index in [1.54, 1.807) is 0 Å². The Bertz CT molecular complexity index is 183. The van der Waals surface area contributed by atoms with Gasteiger partial charge in [0.2, 0.25) is 5.91 Å². The van der Waals surface area contributed by atoms with Crippen LogP contribution in [0.2, 0.25) is 0 Å². The van der Waals surface area contributed by atoms with E-state index in [1.165, 1.54) is 0 Å². The lowest BCUT2D eigenvalue weighted by atomic mass is 10.1. The Morgan fingerprint density at radius 1 is 1.36 bits per heavy atom. The minimum atomic E-state index is -0.209. The lowest BCUT2D eigenvalue weighted by molar-refractivity contribution is -0.121. The lowest BCUT2D eigenvalue weighted by Crippen LogP contribution is -2.44. The van der Waals surface area contributed by atoms with E-state index < -0.39 is 0 Å². The van der Waals surface area contributed by atoms with Gasteiger partial charge in [0.25, 0.3) is 0 Å². The van der Waals surface area contributed by atoms with E-state index in [-0.39, 0.29) is 23.1 Å². The average Bonchev–Trinajstić information content (AvgIpc) is 2.00. The molecule has 0 aliphatic rings. The predicted octanol–water partition coefficient (Wildman–Crippen LogP) is 1.01. The Kier molecular flexibility index (Phi) is 6.20. The molecule has 0 saturated heterocycles. The third-order valence-corrected chi connectivity index (χ3v) is 2.76. The second kappa shape index (κ2) is 6.30. The maximum Gasteiger partial charge on any atom is 0.233 e.